The number of fused-ring (bicyclic) bond motifs is 1. The van der Waals surface area contributed by atoms with E-state index in [4.69, 9.17) is 16.3 Å². The minimum Gasteiger partial charge on any atom is -0.492 e. The molecule has 3 nitrogen and oxygen atoms in total. The maximum absolute atomic E-state index is 12.0. The molecule has 0 aliphatic heterocycles. The van der Waals surface area contributed by atoms with Gasteiger partial charge in [0, 0.05) is 29.4 Å². The molecule has 1 heterocycles. The minimum atomic E-state index is 0.0334. The van der Waals surface area contributed by atoms with E-state index in [9.17, 15) is 4.79 Å². The van der Waals surface area contributed by atoms with Gasteiger partial charge in [0.1, 0.15) is 11.3 Å². The molecule has 0 aliphatic rings. The van der Waals surface area contributed by atoms with E-state index in [-0.39, 0.29) is 5.78 Å². The Morgan fingerprint density at radius 2 is 2.22 bits per heavy atom. The second-order valence-electron chi connectivity index (χ2n) is 3.81. The molecule has 0 radical (unpaired) electrons. The summed E-state index contributed by atoms with van der Waals surface area (Å²) >= 11 is 5.62. The number of ether oxygens (including phenoxy) is 1. The maximum Gasteiger partial charge on any atom is 0.164 e. The smallest absolute Gasteiger partial charge is 0.164 e. The molecule has 1 aromatic heterocycles. The van der Waals surface area contributed by atoms with E-state index >= 15 is 0 Å². The Bertz CT molecular complexity index is 569. The van der Waals surface area contributed by atoms with Crippen LogP contribution in [0.2, 0.25) is 0 Å². The molecule has 0 fully saturated rings. The quantitative estimate of drug-likeness (QED) is 0.613. The first kappa shape index (κ1) is 12.8. The number of hydrogen-bond donors (Lipinski definition) is 0. The van der Waals surface area contributed by atoms with Gasteiger partial charge < -0.3 is 4.74 Å². The summed E-state index contributed by atoms with van der Waals surface area (Å²) in [6.07, 6.45) is 2.03. The van der Waals surface area contributed by atoms with E-state index in [0.29, 0.717) is 30.2 Å². The number of hydrogen-bond acceptors (Lipinski definition) is 3. The average Bonchev–Trinajstić information content (AvgIpc) is 2.39. The molecule has 2 rings (SSSR count). The van der Waals surface area contributed by atoms with Crippen molar-refractivity contribution < 1.29 is 9.53 Å². The van der Waals surface area contributed by atoms with Gasteiger partial charge in [0.25, 0.3) is 0 Å². The maximum atomic E-state index is 12.0. The fourth-order valence-corrected chi connectivity index (χ4v) is 2.05. The average molecular weight is 264 g/mol. The summed E-state index contributed by atoms with van der Waals surface area (Å²) in [5.41, 5.74) is 1.38. The van der Waals surface area contributed by atoms with Crippen molar-refractivity contribution in [2.24, 2.45) is 0 Å². The first-order valence-corrected chi connectivity index (χ1v) is 6.41. The first-order valence-electron chi connectivity index (χ1n) is 5.87. The van der Waals surface area contributed by atoms with Crippen LogP contribution in [-0.2, 0) is 0 Å². The zero-order chi connectivity index (χ0) is 13.0. The summed E-state index contributed by atoms with van der Waals surface area (Å²) in [6.45, 7) is 2.49. The molecule has 0 bridgehead atoms. The van der Waals surface area contributed by atoms with Crippen LogP contribution in [0.3, 0.4) is 0 Å². The van der Waals surface area contributed by atoms with Crippen LogP contribution in [-0.4, -0.2) is 23.3 Å². The molecule has 4 heteroatoms. The number of Topliss-reactive ketones (excluding diaryl/α,β-unsaturated/α-hetero) is 1. The highest BCUT2D eigenvalue weighted by molar-refractivity contribution is 6.20. The van der Waals surface area contributed by atoms with Crippen molar-refractivity contribution in [1.82, 2.24) is 4.98 Å². The molecule has 0 saturated heterocycles. The van der Waals surface area contributed by atoms with Crippen molar-refractivity contribution in [1.29, 1.82) is 0 Å². The number of aromatic nitrogens is 1. The third-order valence-electron chi connectivity index (χ3n) is 2.65. The predicted octanol–water partition coefficient (Wildman–Crippen LogP) is 3.45. The van der Waals surface area contributed by atoms with E-state index in [1.165, 1.54) is 0 Å². The number of nitrogens with zero attached hydrogens (tertiary/aromatic N) is 1. The van der Waals surface area contributed by atoms with E-state index in [1.807, 2.05) is 19.1 Å². The number of rotatable bonds is 5. The van der Waals surface area contributed by atoms with Crippen molar-refractivity contribution >= 4 is 28.3 Å². The fourth-order valence-electron chi connectivity index (χ4n) is 1.88. The van der Waals surface area contributed by atoms with Gasteiger partial charge in [-0.2, -0.15) is 0 Å². The summed E-state index contributed by atoms with van der Waals surface area (Å²) in [7, 11) is 0. The summed E-state index contributed by atoms with van der Waals surface area (Å²) in [5, 5.41) is 0.818. The minimum absolute atomic E-state index is 0.0334. The lowest BCUT2D eigenvalue weighted by molar-refractivity contribution is 0.0991. The molecule has 1 aromatic carbocycles. The highest BCUT2D eigenvalue weighted by atomic mass is 35.5. The van der Waals surface area contributed by atoms with Crippen molar-refractivity contribution in [3.05, 3.63) is 36.0 Å². The van der Waals surface area contributed by atoms with E-state index in [1.54, 1.807) is 18.3 Å². The number of halogens is 1. The van der Waals surface area contributed by atoms with Gasteiger partial charge in [-0.15, -0.1) is 11.6 Å². The van der Waals surface area contributed by atoms with Gasteiger partial charge in [0.05, 0.1) is 6.61 Å². The van der Waals surface area contributed by atoms with Gasteiger partial charge in [0.2, 0.25) is 0 Å². The number of alkyl halides is 1. The van der Waals surface area contributed by atoms with Crippen LogP contribution in [0, 0.1) is 0 Å². The Morgan fingerprint density at radius 3 is 2.94 bits per heavy atom. The molecule has 0 unspecified atom stereocenters. The Labute approximate surface area is 111 Å². The molecule has 0 N–H and O–H groups in total. The summed E-state index contributed by atoms with van der Waals surface area (Å²) in [6, 6.07) is 7.27. The highest BCUT2D eigenvalue weighted by Gasteiger charge is 2.13. The van der Waals surface area contributed by atoms with Crippen LogP contribution in [0.5, 0.6) is 5.75 Å². The molecular weight excluding hydrogens is 250 g/mol. The number of carbonyl (C=O) groups excluding carboxylic acids is 1. The summed E-state index contributed by atoms with van der Waals surface area (Å²) in [5.74, 6) is 1.06. The Morgan fingerprint density at radius 1 is 1.39 bits per heavy atom. The van der Waals surface area contributed by atoms with Gasteiger partial charge in [0.15, 0.2) is 5.78 Å². The predicted molar refractivity (Wildman–Crippen MR) is 72.6 cm³/mol. The fraction of sp³-hybridized carbons (Fsp3) is 0.286. The summed E-state index contributed by atoms with van der Waals surface area (Å²) in [4.78, 5) is 16.3. The number of carbonyl (C=O) groups is 1. The van der Waals surface area contributed by atoms with Crippen LogP contribution >= 0.6 is 11.6 Å². The van der Waals surface area contributed by atoms with Crippen LogP contribution in [0.25, 0.3) is 10.9 Å². The Hall–Kier alpha value is -1.61. The summed E-state index contributed by atoms with van der Waals surface area (Å²) < 4.78 is 5.51. The second kappa shape index (κ2) is 5.83. The van der Waals surface area contributed by atoms with Gasteiger partial charge in [-0.05, 0) is 25.1 Å². The molecule has 2 aromatic rings. The number of ketones is 1. The first-order chi connectivity index (χ1) is 8.77. The van der Waals surface area contributed by atoms with Gasteiger partial charge in [-0.3, -0.25) is 9.78 Å². The molecular formula is C14H14ClNO2. The third-order valence-corrected chi connectivity index (χ3v) is 2.84. The number of pyridine rings is 1. The van der Waals surface area contributed by atoms with Gasteiger partial charge >= 0.3 is 0 Å². The molecule has 0 atom stereocenters. The van der Waals surface area contributed by atoms with Gasteiger partial charge in [-0.25, -0.2) is 0 Å². The second-order valence-corrected chi connectivity index (χ2v) is 4.18. The Kier molecular flexibility index (Phi) is 4.15. The van der Waals surface area contributed by atoms with E-state index < -0.39 is 0 Å². The Balaban J connectivity index is 2.57. The molecule has 0 aliphatic carbocycles. The topological polar surface area (TPSA) is 39.2 Å². The lowest BCUT2D eigenvalue weighted by Gasteiger charge is -2.09. The van der Waals surface area contributed by atoms with Crippen LogP contribution in [0.1, 0.15) is 23.7 Å². The highest BCUT2D eigenvalue weighted by Crippen LogP contribution is 2.27. The van der Waals surface area contributed by atoms with Crippen LogP contribution in [0.4, 0.5) is 0 Å². The lowest BCUT2D eigenvalue weighted by atomic mass is 10.0. The molecule has 0 amide bonds. The molecule has 18 heavy (non-hydrogen) atoms. The molecule has 94 valence electrons. The lowest BCUT2D eigenvalue weighted by Crippen LogP contribution is -2.02. The van der Waals surface area contributed by atoms with Crippen LogP contribution < -0.4 is 4.74 Å². The van der Waals surface area contributed by atoms with Gasteiger partial charge in [-0.1, -0.05) is 6.07 Å². The van der Waals surface area contributed by atoms with Crippen molar-refractivity contribution in [3.63, 3.8) is 0 Å². The largest absolute Gasteiger partial charge is 0.492 e. The zero-order valence-corrected chi connectivity index (χ0v) is 10.9. The van der Waals surface area contributed by atoms with E-state index in [2.05, 4.69) is 4.98 Å². The van der Waals surface area contributed by atoms with Crippen molar-refractivity contribution in [2.45, 2.75) is 13.3 Å². The van der Waals surface area contributed by atoms with Crippen LogP contribution in [0.15, 0.2) is 30.5 Å². The third kappa shape index (κ3) is 2.46. The van der Waals surface area contributed by atoms with Crippen molar-refractivity contribution in [3.8, 4) is 5.75 Å². The SMILES string of the molecule is CCOc1ccc(C(=O)CCCl)c2cccnc12. The normalized spacial score (nSPS) is 10.6. The molecule has 0 saturated carbocycles. The zero-order valence-electron chi connectivity index (χ0n) is 10.1. The van der Waals surface area contributed by atoms with E-state index in [0.717, 1.165) is 10.9 Å². The number of benzene rings is 1. The standard InChI is InChI=1S/C14H14ClNO2/c1-2-18-13-6-5-10(12(17)7-8-15)11-4-3-9-16-14(11)13/h3-6,9H,2,7-8H2,1H3. The molecule has 0 spiro atoms. The monoisotopic (exact) mass is 263 g/mol. The van der Waals surface area contributed by atoms with Crippen molar-refractivity contribution in [2.75, 3.05) is 12.5 Å².